The summed E-state index contributed by atoms with van der Waals surface area (Å²) in [5.41, 5.74) is 7.87. The third kappa shape index (κ3) is 7.01. The van der Waals surface area contributed by atoms with Crippen molar-refractivity contribution in [2.45, 2.75) is 12.8 Å². The minimum absolute atomic E-state index is 0.0848. The highest BCUT2D eigenvalue weighted by Crippen LogP contribution is 1.90. The van der Waals surface area contributed by atoms with Crippen molar-refractivity contribution in [3.05, 3.63) is 22.6 Å². The molecule has 0 aromatic carbocycles. The smallest absolute Gasteiger partial charge is 0.0612 e. The highest BCUT2D eigenvalue weighted by molar-refractivity contribution is 4.80. The zero-order valence-corrected chi connectivity index (χ0v) is 5.77. The predicted octanol–water partition coefficient (Wildman–Crippen LogP) is 1.63. The van der Waals surface area contributed by atoms with Gasteiger partial charge >= 0.3 is 0 Å². The number of aliphatic hydroxyl groups is 1. The molecule has 0 radical (unpaired) electrons. The fourth-order valence-electron chi connectivity index (χ4n) is 0.517. The molecule has 4 heteroatoms. The summed E-state index contributed by atoms with van der Waals surface area (Å²) in [7, 11) is 0. The largest absolute Gasteiger partial charge is 0.392 e. The Labute approximate surface area is 59.8 Å². The third-order valence-corrected chi connectivity index (χ3v) is 0.964. The van der Waals surface area contributed by atoms with E-state index < -0.39 is 0 Å². The topological polar surface area (TPSA) is 69.0 Å². The number of allylic oxidation sites excluding steroid dienone is 1. The molecule has 0 unspecified atom stereocenters. The second kappa shape index (κ2) is 8.01. The van der Waals surface area contributed by atoms with Crippen LogP contribution in [-0.2, 0) is 0 Å². The van der Waals surface area contributed by atoms with Crippen LogP contribution in [0.3, 0.4) is 0 Å². The van der Waals surface area contributed by atoms with E-state index >= 15 is 0 Å². The Bertz CT molecular complexity index is 138. The van der Waals surface area contributed by atoms with E-state index in [1.807, 2.05) is 6.08 Å². The Morgan fingerprint density at radius 2 is 2.30 bits per heavy atom. The van der Waals surface area contributed by atoms with Gasteiger partial charge in [0.15, 0.2) is 0 Å². The molecule has 0 amide bonds. The van der Waals surface area contributed by atoms with Crippen LogP contribution in [0.4, 0.5) is 0 Å². The Morgan fingerprint density at radius 3 is 2.90 bits per heavy atom. The molecular formula is C6H11N3O. The average molecular weight is 141 g/mol. The maximum Gasteiger partial charge on any atom is 0.0612 e. The summed E-state index contributed by atoms with van der Waals surface area (Å²) in [5, 5.41) is 11.7. The lowest BCUT2D eigenvalue weighted by atomic mass is 10.3. The first-order chi connectivity index (χ1) is 4.91. The summed E-state index contributed by atoms with van der Waals surface area (Å²) in [4.78, 5) is 2.61. The van der Waals surface area contributed by atoms with Crippen LogP contribution in [-0.4, -0.2) is 18.3 Å². The first-order valence-corrected chi connectivity index (χ1v) is 3.18. The Balaban J connectivity index is 3.04. The summed E-state index contributed by atoms with van der Waals surface area (Å²) < 4.78 is 0. The fraction of sp³-hybridized carbons (Fsp3) is 0.667. The van der Waals surface area contributed by atoms with Crippen molar-refractivity contribution in [3.63, 3.8) is 0 Å². The number of rotatable bonds is 5. The molecule has 0 fully saturated rings. The van der Waals surface area contributed by atoms with Gasteiger partial charge in [-0.1, -0.05) is 17.3 Å². The van der Waals surface area contributed by atoms with E-state index in [1.165, 1.54) is 0 Å². The van der Waals surface area contributed by atoms with Crippen molar-refractivity contribution in [3.8, 4) is 0 Å². The summed E-state index contributed by atoms with van der Waals surface area (Å²) >= 11 is 0. The van der Waals surface area contributed by atoms with Gasteiger partial charge in [0.1, 0.15) is 0 Å². The molecular weight excluding hydrogens is 130 g/mol. The van der Waals surface area contributed by atoms with E-state index in [4.69, 9.17) is 10.6 Å². The molecule has 0 spiro atoms. The summed E-state index contributed by atoms with van der Waals surface area (Å²) in [6, 6.07) is 0. The number of hydrogen-bond acceptors (Lipinski definition) is 2. The van der Waals surface area contributed by atoms with Crippen LogP contribution < -0.4 is 0 Å². The van der Waals surface area contributed by atoms with Crippen molar-refractivity contribution in [2.24, 2.45) is 5.11 Å². The monoisotopic (exact) mass is 141 g/mol. The lowest BCUT2D eigenvalue weighted by molar-refractivity contribution is 0.342. The Morgan fingerprint density at radius 1 is 1.50 bits per heavy atom. The van der Waals surface area contributed by atoms with E-state index in [1.54, 1.807) is 6.08 Å². The highest BCUT2D eigenvalue weighted by atomic mass is 16.2. The van der Waals surface area contributed by atoms with Gasteiger partial charge in [0.2, 0.25) is 0 Å². The molecule has 0 bridgehead atoms. The highest BCUT2D eigenvalue weighted by Gasteiger charge is 1.78. The summed E-state index contributed by atoms with van der Waals surface area (Å²) in [6.07, 6.45) is 5.25. The lowest BCUT2D eigenvalue weighted by Crippen LogP contribution is -1.77. The van der Waals surface area contributed by atoms with Gasteiger partial charge in [-0.3, -0.25) is 0 Å². The maximum atomic E-state index is 8.30. The third-order valence-electron chi connectivity index (χ3n) is 0.964. The van der Waals surface area contributed by atoms with Crippen molar-refractivity contribution in [1.29, 1.82) is 0 Å². The first kappa shape index (κ1) is 9.01. The number of hydrogen-bond donors (Lipinski definition) is 1. The van der Waals surface area contributed by atoms with Gasteiger partial charge in [0, 0.05) is 11.5 Å². The zero-order valence-electron chi connectivity index (χ0n) is 5.77. The molecule has 0 aromatic heterocycles. The lowest BCUT2D eigenvalue weighted by Gasteiger charge is -1.86. The van der Waals surface area contributed by atoms with Crippen LogP contribution in [0.15, 0.2) is 17.3 Å². The molecule has 0 aromatic rings. The van der Waals surface area contributed by atoms with Crippen LogP contribution in [0.5, 0.6) is 0 Å². The molecule has 56 valence electrons. The molecule has 0 rings (SSSR count). The van der Waals surface area contributed by atoms with Crippen LogP contribution in [0.2, 0.25) is 0 Å². The standard InChI is InChI=1S/C6H11N3O/c7-9-8-5-3-1-2-4-6-10/h2,4,10H,1,3,5-6H2. The maximum absolute atomic E-state index is 8.30. The van der Waals surface area contributed by atoms with Crippen molar-refractivity contribution >= 4 is 0 Å². The number of unbranched alkanes of at least 4 members (excludes halogenated alkanes) is 1. The molecule has 4 nitrogen and oxygen atoms in total. The molecule has 0 aliphatic heterocycles. The van der Waals surface area contributed by atoms with E-state index in [9.17, 15) is 0 Å². The molecule has 0 heterocycles. The minimum atomic E-state index is 0.0848. The van der Waals surface area contributed by atoms with E-state index in [0.717, 1.165) is 12.8 Å². The molecule has 0 saturated carbocycles. The molecule has 1 N–H and O–H groups in total. The SMILES string of the molecule is [N-]=[N+]=NCCCC=CCO. The first-order valence-electron chi connectivity index (χ1n) is 3.18. The molecule has 0 aliphatic carbocycles. The summed E-state index contributed by atoms with van der Waals surface area (Å²) in [5.74, 6) is 0. The Hall–Kier alpha value is -0.990. The number of aliphatic hydroxyl groups excluding tert-OH is 1. The van der Waals surface area contributed by atoms with Gasteiger partial charge < -0.3 is 5.11 Å². The molecule has 0 atom stereocenters. The normalized spacial score (nSPS) is 9.70. The van der Waals surface area contributed by atoms with Gasteiger partial charge in [-0.15, -0.1) is 0 Å². The van der Waals surface area contributed by atoms with Gasteiger partial charge in [-0.05, 0) is 18.4 Å². The average Bonchev–Trinajstić information content (AvgIpc) is 1.97. The van der Waals surface area contributed by atoms with Crippen molar-refractivity contribution < 1.29 is 5.11 Å². The second-order valence-electron chi connectivity index (χ2n) is 1.75. The van der Waals surface area contributed by atoms with Crippen LogP contribution in [0.25, 0.3) is 10.4 Å². The number of azide groups is 1. The Kier molecular flexibility index (Phi) is 7.22. The fourth-order valence-corrected chi connectivity index (χ4v) is 0.517. The molecule has 0 saturated heterocycles. The quantitative estimate of drug-likeness (QED) is 0.204. The second-order valence-corrected chi connectivity index (χ2v) is 1.75. The number of nitrogens with zero attached hydrogens (tertiary/aromatic N) is 3. The minimum Gasteiger partial charge on any atom is -0.392 e. The van der Waals surface area contributed by atoms with Gasteiger partial charge in [0.05, 0.1) is 6.61 Å². The summed E-state index contributed by atoms with van der Waals surface area (Å²) in [6.45, 7) is 0.619. The van der Waals surface area contributed by atoms with E-state index in [2.05, 4.69) is 10.0 Å². The molecule has 10 heavy (non-hydrogen) atoms. The van der Waals surface area contributed by atoms with Crippen LogP contribution in [0, 0.1) is 0 Å². The van der Waals surface area contributed by atoms with Crippen LogP contribution in [0.1, 0.15) is 12.8 Å². The van der Waals surface area contributed by atoms with Crippen LogP contribution >= 0.6 is 0 Å². The zero-order chi connectivity index (χ0) is 7.66. The van der Waals surface area contributed by atoms with Crippen molar-refractivity contribution in [2.75, 3.05) is 13.2 Å². The van der Waals surface area contributed by atoms with E-state index in [-0.39, 0.29) is 6.61 Å². The van der Waals surface area contributed by atoms with Gasteiger partial charge in [0.25, 0.3) is 0 Å². The van der Waals surface area contributed by atoms with Gasteiger partial charge in [-0.25, -0.2) is 0 Å². The molecule has 0 aliphatic rings. The van der Waals surface area contributed by atoms with Crippen molar-refractivity contribution in [1.82, 2.24) is 0 Å². The van der Waals surface area contributed by atoms with E-state index in [0.29, 0.717) is 6.54 Å². The van der Waals surface area contributed by atoms with Gasteiger partial charge in [-0.2, -0.15) is 0 Å². The predicted molar refractivity (Wildman–Crippen MR) is 39.5 cm³/mol.